The summed E-state index contributed by atoms with van der Waals surface area (Å²) in [5, 5.41) is 1.85. The molecule has 0 aliphatic rings. The van der Waals surface area contributed by atoms with Crippen LogP contribution in [0, 0.1) is 5.82 Å². The second-order valence-corrected chi connectivity index (χ2v) is 9.84. The smallest absolute Gasteiger partial charge is 0.338 e. The summed E-state index contributed by atoms with van der Waals surface area (Å²) in [5.41, 5.74) is 0.625. The molecule has 7 nitrogen and oxygen atoms in total. The number of carbonyl (C=O) groups excluding carboxylic acids is 2. The Hall–Kier alpha value is -3.08. The monoisotopic (exact) mass is 490 g/mol. The van der Waals surface area contributed by atoms with Crippen LogP contribution < -0.4 is 4.72 Å². The number of likely N-dealkylation sites (N-methyl/N-ethyl adjacent to an activating group) is 1. The summed E-state index contributed by atoms with van der Waals surface area (Å²) in [6.45, 7) is 1.90. The molecule has 0 spiro atoms. The van der Waals surface area contributed by atoms with E-state index < -0.39 is 34.3 Å². The Morgan fingerprint density at radius 1 is 1.09 bits per heavy atom. The Labute approximate surface area is 195 Å². The van der Waals surface area contributed by atoms with E-state index in [0.717, 1.165) is 4.88 Å². The molecule has 1 aromatic heterocycles. The molecule has 0 atom stereocenters. The molecule has 0 aliphatic heterocycles. The first-order chi connectivity index (χ1) is 15.8. The highest BCUT2D eigenvalue weighted by Gasteiger charge is 2.19. The molecule has 0 fully saturated rings. The number of esters is 1. The second-order valence-electron chi connectivity index (χ2n) is 7.05. The topological polar surface area (TPSA) is 92.8 Å². The van der Waals surface area contributed by atoms with Crippen molar-refractivity contribution < 1.29 is 27.1 Å². The minimum Gasteiger partial charge on any atom is -0.452 e. The van der Waals surface area contributed by atoms with Crippen LogP contribution in [-0.2, 0) is 32.6 Å². The summed E-state index contributed by atoms with van der Waals surface area (Å²) in [6.07, 6.45) is 0. The van der Waals surface area contributed by atoms with Gasteiger partial charge in [-0.15, -0.1) is 11.3 Å². The van der Waals surface area contributed by atoms with Crippen molar-refractivity contribution in [2.24, 2.45) is 0 Å². The van der Waals surface area contributed by atoms with Gasteiger partial charge in [-0.25, -0.2) is 22.3 Å². The van der Waals surface area contributed by atoms with Crippen molar-refractivity contribution in [3.63, 3.8) is 0 Å². The number of ether oxygens (including phenoxy) is 1. The zero-order valence-electron chi connectivity index (χ0n) is 17.9. The molecule has 1 heterocycles. The van der Waals surface area contributed by atoms with Gasteiger partial charge in [-0.2, -0.15) is 0 Å². The Balaban J connectivity index is 1.60. The van der Waals surface area contributed by atoms with E-state index in [-0.39, 0.29) is 23.5 Å². The molecule has 174 valence electrons. The second kappa shape index (κ2) is 11.2. The Morgan fingerprint density at radius 3 is 2.58 bits per heavy atom. The number of benzene rings is 2. The molecular weight excluding hydrogens is 467 g/mol. The quantitative estimate of drug-likeness (QED) is 0.439. The number of nitrogens with zero attached hydrogens (tertiary/aromatic N) is 1. The minimum absolute atomic E-state index is 0.00924. The van der Waals surface area contributed by atoms with E-state index in [2.05, 4.69) is 4.72 Å². The first-order valence-corrected chi connectivity index (χ1v) is 12.5. The molecule has 33 heavy (non-hydrogen) atoms. The average Bonchev–Trinajstić information content (AvgIpc) is 3.33. The van der Waals surface area contributed by atoms with Crippen molar-refractivity contribution in [3.8, 4) is 0 Å². The lowest BCUT2D eigenvalue weighted by molar-refractivity contribution is -0.134. The number of thiophene rings is 1. The van der Waals surface area contributed by atoms with Crippen molar-refractivity contribution in [2.45, 2.75) is 24.9 Å². The third kappa shape index (κ3) is 6.95. The lowest BCUT2D eigenvalue weighted by atomic mass is 10.2. The molecule has 0 saturated carbocycles. The normalized spacial score (nSPS) is 11.2. The number of hydrogen-bond acceptors (Lipinski definition) is 6. The third-order valence-electron chi connectivity index (χ3n) is 4.72. The van der Waals surface area contributed by atoms with Crippen LogP contribution in [0.5, 0.6) is 0 Å². The predicted octanol–water partition coefficient (Wildman–Crippen LogP) is 3.57. The lowest BCUT2D eigenvalue weighted by Gasteiger charge is -2.21. The maximum atomic E-state index is 13.4. The molecule has 0 bridgehead atoms. The minimum atomic E-state index is -3.84. The van der Waals surface area contributed by atoms with Gasteiger partial charge in [-0.3, -0.25) is 4.79 Å². The number of amides is 1. The molecule has 3 rings (SSSR count). The molecule has 0 aliphatic carbocycles. The van der Waals surface area contributed by atoms with Crippen LogP contribution in [0.4, 0.5) is 4.39 Å². The summed E-state index contributed by atoms with van der Waals surface area (Å²) in [6, 6.07) is 15.0. The number of hydrogen-bond donors (Lipinski definition) is 1. The molecule has 3 aromatic rings. The average molecular weight is 491 g/mol. The fourth-order valence-corrected chi connectivity index (χ4v) is 4.77. The summed E-state index contributed by atoms with van der Waals surface area (Å²) in [5.74, 6) is -1.67. The van der Waals surface area contributed by atoms with Gasteiger partial charge in [0.15, 0.2) is 6.61 Å². The van der Waals surface area contributed by atoms with Crippen molar-refractivity contribution in [1.29, 1.82) is 0 Å². The van der Waals surface area contributed by atoms with Crippen LogP contribution in [0.15, 0.2) is 70.9 Å². The Bertz CT molecular complexity index is 1210. The highest BCUT2D eigenvalue weighted by molar-refractivity contribution is 7.89. The van der Waals surface area contributed by atoms with Crippen molar-refractivity contribution in [1.82, 2.24) is 9.62 Å². The number of sulfonamides is 1. The van der Waals surface area contributed by atoms with E-state index in [0.29, 0.717) is 12.1 Å². The maximum Gasteiger partial charge on any atom is 0.338 e. The predicted molar refractivity (Wildman–Crippen MR) is 123 cm³/mol. The van der Waals surface area contributed by atoms with Gasteiger partial charge in [0.05, 0.1) is 10.5 Å². The van der Waals surface area contributed by atoms with E-state index >= 15 is 0 Å². The van der Waals surface area contributed by atoms with E-state index in [9.17, 15) is 22.4 Å². The SMILES string of the molecule is CCN(Cc1cccc(F)c1)C(=O)COC(=O)c1cccc(S(=O)(=O)NCc2cccs2)c1. The van der Waals surface area contributed by atoms with E-state index in [1.807, 2.05) is 17.5 Å². The standard InChI is InChI=1S/C23H23FN2O5S2/c1-2-26(15-17-6-3-8-19(24)12-17)22(27)16-31-23(28)18-7-4-10-21(13-18)33(29,30)25-14-20-9-5-11-32-20/h3-13,25H,2,14-16H2,1H3. The number of halogens is 1. The number of nitrogens with one attached hydrogen (secondary N) is 1. The van der Waals surface area contributed by atoms with E-state index in [1.165, 1.54) is 52.6 Å². The number of carbonyl (C=O) groups is 2. The van der Waals surface area contributed by atoms with E-state index in [4.69, 9.17) is 4.74 Å². The van der Waals surface area contributed by atoms with Crippen molar-refractivity contribution in [3.05, 3.63) is 87.9 Å². The van der Waals surface area contributed by atoms with Crippen LogP contribution in [0.3, 0.4) is 0 Å². The summed E-state index contributed by atoms with van der Waals surface area (Å²) in [4.78, 5) is 27.1. The van der Waals surface area contributed by atoms with Gasteiger partial charge in [0, 0.05) is 24.5 Å². The zero-order chi connectivity index (χ0) is 23.8. The van der Waals surface area contributed by atoms with Gasteiger partial charge in [-0.05, 0) is 54.3 Å². The van der Waals surface area contributed by atoms with Crippen LogP contribution in [0.2, 0.25) is 0 Å². The third-order valence-corrected chi connectivity index (χ3v) is 7.00. The zero-order valence-corrected chi connectivity index (χ0v) is 19.5. The van der Waals surface area contributed by atoms with Crippen molar-refractivity contribution >= 4 is 33.2 Å². The molecule has 0 radical (unpaired) electrons. The Morgan fingerprint density at radius 2 is 1.88 bits per heavy atom. The summed E-state index contributed by atoms with van der Waals surface area (Å²) >= 11 is 1.43. The van der Waals surface area contributed by atoms with Crippen LogP contribution in [0.25, 0.3) is 0 Å². The molecule has 10 heteroatoms. The van der Waals surface area contributed by atoms with Gasteiger partial charge in [0.25, 0.3) is 5.91 Å². The van der Waals surface area contributed by atoms with Gasteiger partial charge in [-0.1, -0.05) is 24.3 Å². The fourth-order valence-electron chi connectivity index (χ4n) is 2.99. The molecule has 0 saturated heterocycles. The largest absolute Gasteiger partial charge is 0.452 e. The van der Waals surface area contributed by atoms with Gasteiger partial charge in [0.1, 0.15) is 5.82 Å². The molecular formula is C23H23FN2O5S2. The fraction of sp³-hybridized carbons (Fsp3) is 0.217. The van der Waals surface area contributed by atoms with Crippen LogP contribution in [0.1, 0.15) is 27.7 Å². The number of rotatable bonds is 10. The molecule has 1 N–H and O–H groups in total. The first kappa shape index (κ1) is 24.6. The lowest BCUT2D eigenvalue weighted by Crippen LogP contribution is -2.34. The first-order valence-electron chi connectivity index (χ1n) is 10.1. The van der Waals surface area contributed by atoms with Gasteiger partial charge >= 0.3 is 5.97 Å². The highest BCUT2D eigenvalue weighted by Crippen LogP contribution is 2.15. The molecule has 0 unspecified atom stereocenters. The molecule has 2 aromatic carbocycles. The molecule has 1 amide bonds. The van der Waals surface area contributed by atoms with Crippen LogP contribution >= 0.6 is 11.3 Å². The summed E-state index contributed by atoms with van der Waals surface area (Å²) in [7, 11) is -3.84. The highest BCUT2D eigenvalue weighted by atomic mass is 32.2. The van der Waals surface area contributed by atoms with Crippen molar-refractivity contribution in [2.75, 3.05) is 13.2 Å². The van der Waals surface area contributed by atoms with Gasteiger partial charge < -0.3 is 9.64 Å². The summed E-state index contributed by atoms with van der Waals surface area (Å²) < 4.78 is 46.1. The Kier molecular flexibility index (Phi) is 8.32. The van der Waals surface area contributed by atoms with Gasteiger partial charge in [0.2, 0.25) is 10.0 Å². The maximum absolute atomic E-state index is 13.4. The van der Waals surface area contributed by atoms with E-state index in [1.54, 1.807) is 19.1 Å². The van der Waals surface area contributed by atoms with Crippen LogP contribution in [-0.4, -0.2) is 38.3 Å².